The zero-order chi connectivity index (χ0) is 17.0. The van der Waals surface area contributed by atoms with E-state index in [4.69, 9.17) is 9.88 Å². The Morgan fingerprint density at radius 3 is 2.52 bits per heavy atom. The number of sulfonamides is 1. The third-order valence-electron chi connectivity index (χ3n) is 3.99. The molecule has 0 radical (unpaired) electrons. The number of likely N-dealkylation sites (N-methyl/N-ethyl adjacent to an activating group) is 1. The molecule has 1 saturated carbocycles. The average molecular weight is 341 g/mol. The van der Waals surface area contributed by atoms with E-state index in [-0.39, 0.29) is 10.9 Å². The minimum Gasteiger partial charge on any atom is -0.492 e. The summed E-state index contributed by atoms with van der Waals surface area (Å²) in [6.45, 7) is 3.65. The van der Waals surface area contributed by atoms with Gasteiger partial charge in [-0.2, -0.15) is 0 Å². The van der Waals surface area contributed by atoms with E-state index in [9.17, 15) is 13.2 Å². The standard InChI is InChI=1S/C15H23N3O4S/c1-11-9-12(11)10-17-15(19)18(2)7-8-22-13-3-5-14(6-4-13)23(16,20)21/h3-6,11-12H,7-10H2,1-2H3,(H,17,19)(H2,16,20,21)/t11-,12-/m0/s1. The molecule has 0 heterocycles. The number of ether oxygens (including phenoxy) is 1. The van der Waals surface area contributed by atoms with Crippen LogP contribution in [0.2, 0.25) is 0 Å². The Hall–Kier alpha value is -1.80. The molecule has 1 aromatic carbocycles. The van der Waals surface area contributed by atoms with Crippen molar-refractivity contribution in [3.05, 3.63) is 24.3 Å². The number of nitrogens with zero attached hydrogens (tertiary/aromatic N) is 1. The van der Waals surface area contributed by atoms with Gasteiger partial charge in [-0.3, -0.25) is 0 Å². The molecule has 8 heteroatoms. The number of amides is 2. The van der Waals surface area contributed by atoms with E-state index >= 15 is 0 Å². The fourth-order valence-electron chi connectivity index (χ4n) is 2.16. The van der Waals surface area contributed by atoms with Crippen LogP contribution in [-0.2, 0) is 10.0 Å². The molecule has 2 amide bonds. The molecule has 0 spiro atoms. The number of carbonyl (C=O) groups is 1. The van der Waals surface area contributed by atoms with Gasteiger partial charge in [-0.15, -0.1) is 0 Å². The Balaban J connectivity index is 1.70. The Morgan fingerprint density at radius 2 is 2.00 bits per heavy atom. The number of urea groups is 1. The summed E-state index contributed by atoms with van der Waals surface area (Å²) in [7, 11) is -1.99. The predicted octanol–water partition coefficient (Wildman–Crippen LogP) is 1.01. The molecule has 7 nitrogen and oxygen atoms in total. The molecule has 1 aromatic rings. The molecule has 23 heavy (non-hydrogen) atoms. The summed E-state index contributed by atoms with van der Waals surface area (Å²) >= 11 is 0. The van der Waals surface area contributed by atoms with E-state index in [2.05, 4.69) is 12.2 Å². The Bertz CT molecular complexity index is 645. The lowest BCUT2D eigenvalue weighted by atomic mass is 10.3. The quantitative estimate of drug-likeness (QED) is 0.772. The number of nitrogens with two attached hydrogens (primary N) is 1. The third-order valence-corrected chi connectivity index (χ3v) is 4.92. The van der Waals surface area contributed by atoms with E-state index in [0.29, 0.717) is 30.7 Å². The number of carbonyl (C=O) groups excluding carboxylic acids is 1. The highest BCUT2D eigenvalue weighted by atomic mass is 32.2. The Labute approximate surface area is 136 Å². The molecule has 0 aliphatic heterocycles. The van der Waals surface area contributed by atoms with Gasteiger partial charge < -0.3 is 15.0 Å². The maximum atomic E-state index is 11.9. The van der Waals surface area contributed by atoms with Gasteiger partial charge in [0.1, 0.15) is 12.4 Å². The van der Waals surface area contributed by atoms with Gasteiger partial charge in [-0.1, -0.05) is 6.92 Å². The molecule has 0 aromatic heterocycles. The van der Waals surface area contributed by atoms with Gasteiger partial charge in [-0.05, 0) is 42.5 Å². The lowest BCUT2D eigenvalue weighted by molar-refractivity contribution is 0.195. The van der Waals surface area contributed by atoms with Crippen LogP contribution in [0.4, 0.5) is 4.79 Å². The van der Waals surface area contributed by atoms with Gasteiger partial charge in [0.05, 0.1) is 11.4 Å². The summed E-state index contributed by atoms with van der Waals surface area (Å²) in [5.74, 6) is 1.85. The zero-order valence-corrected chi connectivity index (χ0v) is 14.2. The van der Waals surface area contributed by atoms with Gasteiger partial charge >= 0.3 is 6.03 Å². The van der Waals surface area contributed by atoms with Crippen LogP contribution in [0, 0.1) is 11.8 Å². The fourth-order valence-corrected chi connectivity index (χ4v) is 2.68. The van der Waals surface area contributed by atoms with Crippen molar-refractivity contribution in [2.45, 2.75) is 18.2 Å². The molecule has 128 valence electrons. The number of nitrogens with one attached hydrogen (secondary N) is 1. The van der Waals surface area contributed by atoms with Crippen molar-refractivity contribution in [1.82, 2.24) is 10.2 Å². The molecule has 2 rings (SSSR count). The second-order valence-corrected chi connectivity index (χ2v) is 7.51. The first-order valence-corrected chi connectivity index (χ1v) is 9.06. The van der Waals surface area contributed by atoms with Crippen molar-refractivity contribution in [3.63, 3.8) is 0 Å². The van der Waals surface area contributed by atoms with Crippen molar-refractivity contribution in [1.29, 1.82) is 0 Å². The summed E-state index contributed by atoms with van der Waals surface area (Å²) in [5, 5.41) is 7.92. The van der Waals surface area contributed by atoms with Gasteiger partial charge in [0.15, 0.2) is 0 Å². The van der Waals surface area contributed by atoms with Crippen LogP contribution in [0.1, 0.15) is 13.3 Å². The molecular weight excluding hydrogens is 318 g/mol. The number of hydrogen-bond acceptors (Lipinski definition) is 4. The molecule has 3 N–H and O–H groups in total. The molecule has 1 fully saturated rings. The first kappa shape index (κ1) is 17.6. The summed E-state index contributed by atoms with van der Waals surface area (Å²) in [4.78, 5) is 13.5. The van der Waals surface area contributed by atoms with Crippen molar-refractivity contribution in [3.8, 4) is 5.75 Å². The van der Waals surface area contributed by atoms with E-state index in [1.165, 1.54) is 30.7 Å². The summed E-state index contributed by atoms with van der Waals surface area (Å²) in [6, 6.07) is 5.73. The fraction of sp³-hybridized carbons (Fsp3) is 0.533. The maximum Gasteiger partial charge on any atom is 0.317 e. The second-order valence-electron chi connectivity index (χ2n) is 5.95. The highest BCUT2D eigenvalue weighted by Gasteiger charge is 2.32. The Kier molecular flexibility index (Phi) is 5.48. The SMILES string of the molecule is C[C@H]1C[C@H]1CNC(=O)N(C)CCOc1ccc(S(N)(=O)=O)cc1. The van der Waals surface area contributed by atoms with Crippen LogP contribution >= 0.6 is 0 Å². The molecule has 1 aliphatic carbocycles. The minimum absolute atomic E-state index is 0.0376. The van der Waals surface area contributed by atoms with Gasteiger partial charge in [0.2, 0.25) is 10.0 Å². The van der Waals surface area contributed by atoms with Crippen LogP contribution in [0.25, 0.3) is 0 Å². The van der Waals surface area contributed by atoms with Crippen molar-refractivity contribution in [2.75, 3.05) is 26.7 Å². The normalized spacial score (nSPS) is 20.0. The molecular formula is C15H23N3O4S. The van der Waals surface area contributed by atoms with Crippen molar-refractivity contribution < 1.29 is 17.9 Å². The van der Waals surface area contributed by atoms with Crippen LogP contribution in [0.15, 0.2) is 29.2 Å². The lowest BCUT2D eigenvalue weighted by Crippen LogP contribution is -2.40. The smallest absolute Gasteiger partial charge is 0.317 e. The molecule has 1 aliphatic rings. The van der Waals surface area contributed by atoms with E-state index in [1.54, 1.807) is 11.9 Å². The molecule has 0 saturated heterocycles. The second kappa shape index (κ2) is 7.18. The number of rotatable bonds is 7. The summed E-state index contributed by atoms with van der Waals surface area (Å²) < 4.78 is 27.8. The predicted molar refractivity (Wildman–Crippen MR) is 86.6 cm³/mol. The monoisotopic (exact) mass is 341 g/mol. The van der Waals surface area contributed by atoms with E-state index < -0.39 is 10.0 Å². The first-order valence-electron chi connectivity index (χ1n) is 7.52. The average Bonchev–Trinajstić information content (AvgIpc) is 3.20. The molecule has 2 atom stereocenters. The Morgan fingerprint density at radius 1 is 1.39 bits per heavy atom. The van der Waals surface area contributed by atoms with E-state index in [1.807, 2.05) is 0 Å². The van der Waals surface area contributed by atoms with Crippen LogP contribution in [0.5, 0.6) is 5.75 Å². The highest BCUT2D eigenvalue weighted by molar-refractivity contribution is 7.89. The number of hydrogen-bond donors (Lipinski definition) is 2. The first-order chi connectivity index (χ1) is 10.8. The van der Waals surface area contributed by atoms with Gasteiger partial charge in [0, 0.05) is 13.6 Å². The number of primary sulfonamides is 1. The lowest BCUT2D eigenvalue weighted by Gasteiger charge is -2.18. The van der Waals surface area contributed by atoms with Crippen LogP contribution in [-0.4, -0.2) is 46.1 Å². The zero-order valence-electron chi connectivity index (χ0n) is 13.4. The topological polar surface area (TPSA) is 102 Å². The largest absolute Gasteiger partial charge is 0.492 e. The van der Waals surface area contributed by atoms with Gasteiger partial charge in [0.25, 0.3) is 0 Å². The van der Waals surface area contributed by atoms with Crippen LogP contribution in [0.3, 0.4) is 0 Å². The summed E-state index contributed by atoms with van der Waals surface area (Å²) in [6.07, 6.45) is 1.18. The number of benzene rings is 1. The summed E-state index contributed by atoms with van der Waals surface area (Å²) in [5.41, 5.74) is 0. The van der Waals surface area contributed by atoms with Gasteiger partial charge in [-0.25, -0.2) is 18.4 Å². The molecule has 0 unspecified atom stereocenters. The molecule has 0 bridgehead atoms. The highest BCUT2D eigenvalue weighted by Crippen LogP contribution is 2.36. The van der Waals surface area contributed by atoms with Crippen molar-refractivity contribution in [2.24, 2.45) is 17.0 Å². The minimum atomic E-state index is -3.69. The third kappa shape index (κ3) is 5.40. The van der Waals surface area contributed by atoms with E-state index in [0.717, 1.165) is 6.54 Å². The van der Waals surface area contributed by atoms with Crippen molar-refractivity contribution >= 4 is 16.1 Å². The maximum absolute atomic E-state index is 11.9. The van der Waals surface area contributed by atoms with Crippen LogP contribution < -0.4 is 15.2 Å².